The lowest BCUT2D eigenvalue weighted by molar-refractivity contribution is 0.0485. The second-order valence-corrected chi connectivity index (χ2v) is 7.94. The number of aliphatic hydroxyl groups excluding tert-OH is 1. The van der Waals surface area contributed by atoms with Gasteiger partial charge in [0.2, 0.25) is 0 Å². The van der Waals surface area contributed by atoms with Gasteiger partial charge in [-0.2, -0.15) is 0 Å². The quantitative estimate of drug-likeness (QED) is 0.763. The molecule has 134 valence electrons. The summed E-state index contributed by atoms with van der Waals surface area (Å²) < 4.78 is 0. The summed E-state index contributed by atoms with van der Waals surface area (Å²) in [7, 11) is 0. The van der Waals surface area contributed by atoms with Gasteiger partial charge >= 0.3 is 0 Å². The highest BCUT2D eigenvalue weighted by molar-refractivity contribution is 7.10. The Labute approximate surface area is 158 Å². The fraction of sp³-hybridized carbons (Fsp3) is 0.333. The molecule has 0 aliphatic carbocycles. The van der Waals surface area contributed by atoms with Crippen LogP contribution < -0.4 is 0 Å². The van der Waals surface area contributed by atoms with Gasteiger partial charge in [0.15, 0.2) is 0 Å². The highest BCUT2D eigenvalue weighted by Crippen LogP contribution is 2.34. The molecule has 26 heavy (non-hydrogen) atoms. The van der Waals surface area contributed by atoms with Crippen LogP contribution in [-0.2, 0) is 6.54 Å². The van der Waals surface area contributed by atoms with Crippen LogP contribution in [0.3, 0.4) is 0 Å². The number of thiophene rings is 1. The Morgan fingerprint density at radius 2 is 1.88 bits per heavy atom. The van der Waals surface area contributed by atoms with Gasteiger partial charge < -0.3 is 5.11 Å². The van der Waals surface area contributed by atoms with Crippen molar-refractivity contribution < 1.29 is 5.11 Å². The highest BCUT2D eigenvalue weighted by Gasteiger charge is 2.30. The monoisotopic (exact) mass is 365 g/mol. The average molecular weight is 366 g/mol. The van der Waals surface area contributed by atoms with Gasteiger partial charge in [0, 0.05) is 41.8 Å². The number of likely N-dealkylation sites (tertiary alicyclic amines) is 1. The number of aromatic nitrogens is 2. The third-order valence-electron chi connectivity index (χ3n) is 5.16. The third kappa shape index (κ3) is 3.70. The van der Waals surface area contributed by atoms with Crippen LogP contribution in [0.5, 0.6) is 0 Å². The summed E-state index contributed by atoms with van der Waals surface area (Å²) in [6, 6.07) is 10.7. The van der Waals surface area contributed by atoms with Crippen LogP contribution in [0.15, 0.2) is 54.4 Å². The zero-order valence-corrected chi connectivity index (χ0v) is 15.7. The van der Waals surface area contributed by atoms with E-state index in [9.17, 15) is 5.11 Å². The van der Waals surface area contributed by atoms with Crippen molar-refractivity contribution in [1.82, 2.24) is 14.9 Å². The first-order chi connectivity index (χ1) is 12.7. The fourth-order valence-electron chi connectivity index (χ4n) is 3.72. The minimum Gasteiger partial charge on any atom is -0.391 e. The number of aliphatic hydroxyl groups is 1. The van der Waals surface area contributed by atoms with Crippen LogP contribution >= 0.6 is 11.3 Å². The van der Waals surface area contributed by atoms with Gasteiger partial charge in [-0.15, -0.1) is 11.3 Å². The molecule has 4 nitrogen and oxygen atoms in total. The summed E-state index contributed by atoms with van der Waals surface area (Å²) in [6.45, 7) is 4.77. The van der Waals surface area contributed by atoms with Gasteiger partial charge in [0.25, 0.3) is 0 Å². The minimum atomic E-state index is -0.290. The van der Waals surface area contributed by atoms with Crippen molar-refractivity contribution in [3.05, 3.63) is 70.4 Å². The number of aryl methyl sites for hydroxylation is 1. The number of hydrogen-bond acceptors (Lipinski definition) is 5. The van der Waals surface area contributed by atoms with Gasteiger partial charge in [-0.3, -0.25) is 4.90 Å². The number of β-amino-alcohol motifs (C(OH)–C–C–N with tert-alkyl or cyclic N) is 1. The first-order valence-corrected chi connectivity index (χ1v) is 9.87. The van der Waals surface area contributed by atoms with Gasteiger partial charge in [0.05, 0.1) is 6.10 Å². The standard InChI is InChI=1S/C21H23N3OS/c1-15-7-9-26-21(15)19-6-8-24(13-20(19)25)12-16-2-4-17(5-3-16)18-10-22-14-23-11-18/h2-5,7,9-11,14,19-20,25H,6,8,12-13H2,1H3/t19-,20-/m1/s1. The molecule has 1 N–H and O–H groups in total. The van der Waals surface area contributed by atoms with Crippen molar-refractivity contribution >= 4 is 11.3 Å². The summed E-state index contributed by atoms with van der Waals surface area (Å²) >= 11 is 1.78. The van der Waals surface area contributed by atoms with E-state index in [1.54, 1.807) is 17.7 Å². The van der Waals surface area contributed by atoms with Crippen molar-refractivity contribution in [3.63, 3.8) is 0 Å². The van der Waals surface area contributed by atoms with Crippen LogP contribution in [0.25, 0.3) is 11.1 Å². The predicted octanol–water partition coefficient (Wildman–Crippen LogP) is 3.86. The van der Waals surface area contributed by atoms with E-state index in [4.69, 9.17) is 0 Å². The first-order valence-electron chi connectivity index (χ1n) is 8.99. The van der Waals surface area contributed by atoms with Gasteiger partial charge in [0.1, 0.15) is 6.33 Å². The van der Waals surface area contributed by atoms with Gasteiger partial charge in [-0.25, -0.2) is 9.97 Å². The Hall–Kier alpha value is -2.08. The van der Waals surface area contributed by atoms with E-state index < -0.39 is 0 Å². The third-order valence-corrected chi connectivity index (χ3v) is 6.31. The summed E-state index contributed by atoms with van der Waals surface area (Å²) in [4.78, 5) is 11.9. The van der Waals surface area contributed by atoms with E-state index >= 15 is 0 Å². The Morgan fingerprint density at radius 3 is 2.54 bits per heavy atom. The zero-order valence-electron chi connectivity index (χ0n) is 14.9. The molecule has 2 aromatic heterocycles. The second kappa shape index (κ2) is 7.66. The smallest absolute Gasteiger partial charge is 0.115 e. The van der Waals surface area contributed by atoms with Crippen molar-refractivity contribution in [2.45, 2.75) is 31.9 Å². The molecule has 0 saturated carbocycles. The molecular formula is C21H23N3OS. The van der Waals surface area contributed by atoms with E-state index in [2.05, 4.69) is 57.5 Å². The molecule has 0 radical (unpaired) electrons. The van der Waals surface area contributed by atoms with Crippen LogP contribution in [0.4, 0.5) is 0 Å². The van der Waals surface area contributed by atoms with Crippen molar-refractivity contribution in [2.75, 3.05) is 13.1 Å². The largest absolute Gasteiger partial charge is 0.391 e. The lowest BCUT2D eigenvalue weighted by Crippen LogP contribution is -2.42. The molecule has 0 bridgehead atoms. The van der Waals surface area contributed by atoms with Crippen molar-refractivity contribution in [2.24, 2.45) is 0 Å². The summed E-state index contributed by atoms with van der Waals surface area (Å²) in [6.07, 6.45) is 5.93. The molecule has 0 amide bonds. The summed E-state index contributed by atoms with van der Waals surface area (Å²) in [5.41, 5.74) is 4.74. The van der Waals surface area contributed by atoms with Gasteiger partial charge in [-0.05, 0) is 48.0 Å². The lowest BCUT2D eigenvalue weighted by atomic mass is 9.90. The van der Waals surface area contributed by atoms with Crippen LogP contribution in [0.2, 0.25) is 0 Å². The van der Waals surface area contributed by atoms with E-state index in [1.807, 2.05) is 12.4 Å². The van der Waals surface area contributed by atoms with Crippen LogP contribution in [-0.4, -0.2) is 39.2 Å². The number of rotatable bonds is 4. The molecule has 4 rings (SSSR count). The summed E-state index contributed by atoms with van der Waals surface area (Å²) in [5.74, 6) is 0.284. The molecule has 1 aliphatic heterocycles. The van der Waals surface area contributed by atoms with Crippen molar-refractivity contribution in [1.29, 1.82) is 0 Å². The van der Waals surface area contributed by atoms with Gasteiger partial charge in [-0.1, -0.05) is 24.3 Å². The molecule has 1 aliphatic rings. The maximum Gasteiger partial charge on any atom is 0.115 e. The van der Waals surface area contributed by atoms with Crippen LogP contribution in [0, 0.1) is 6.92 Å². The van der Waals surface area contributed by atoms with Crippen LogP contribution in [0.1, 0.15) is 28.3 Å². The Kier molecular flexibility index (Phi) is 5.11. The van der Waals surface area contributed by atoms with Crippen molar-refractivity contribution in [3.8, 4) is 11.1 Å². The molecule has 3 aromatic rings. The lowest BCUT2D eigenvalue weighted by Gasteiger charge is -2.36. The second-order valence-electron chi connectivity index (χ2n) is 6.99. The molecule has 0 unspecified atom stereocenters. The maximum absolute atomic E-state index is 10.7. The average Bonchev–Trinajstić information content (AvgIpc) is 3.09. The number of nitrogens with zero attached hydrogens (tertiary/aromatic N) is 3. The minimum absolute atomic E-state index is 0.284. The molecule has 1 fully saturated rings. The number of piperidine rings is 1. The molecule has 1 saturated heterocycles. The molecule has 3 heterocycles. The Bertz CT molecular complexity index is 847. The fourth-order valence-corrected chi connectivity index (χ4v) is 4.84. The molecule has 0 spiro atoms. The number of hydrogen-bond donors (Lipinski definition) is 1. The first kappa shape index (κ1) is 17.3. The Balaban J connectivity index is 1.39. The van der Waals surface area contributed by atoms with E-state index in [-0.39, 0.29) is 12.0 Å². The topological polar surface area (TPSA) is 49.2 Å². The van der Waals surface area contributed by atoms with E-state index in [1.165, 1.54) is 16.0 Å². The summed E-state index contributed by atoms with van der Waals surface area (Å²) in [5, 5.41) is 12.8. The molecule has 5 heteroatoms. The zero-order chi connectivity index (χ0) is 17.9. The normalized spacial score (nSPS) is 21.0. The van der Waals surface area contributed by atoms with E-state index in [0.717, 1.165) is 37.2 Å². The number of benzene rings is 1. The maximum atomic E-state index is 10.7. The highest BCUT2D eigenvalue weighted by atomic mass is 32.1. The van der Waals surface area contributed by atoms with E-state index in [0.29, 0.717) is 0 Å². The molecular weight excluding hydrogens is 342 g/mol. The SMILES string of the molecule is Cc1ccsc1[C@@H]1CCN(Cc2ccc(-c3cncnc3)cc2)C[C@H]1O. The molecule has 1 aromatic carbocycles. The molecule has 2 atom stereocenters. The Morgan fingerprint density at radius 1 is 1.12 bits per heavy atom. The predicted molar refractivity (Wildman–Crippen MR) is 105 cm³/mol.